The van der Waals surface area contributed by atoms with Gasteiger partial charge in [-0.3, -0.25) is 9.59 Å². The summed E-state index contributed by atoms with van der Waals surface area (Å²) in [5.41, 5.74) is 5.13. The van der Waals surface area contributed by atoms with Gasteiger partial charge >= 0.3 is 5.97 Å². The normalized spacial score (nSPS) is 10.7. The van der Waals surface area contributed by atoms with Gasteiger partial charge in [0.25, 0.3) is 5.91 Å². The molecule has 6 nitrogen and oxygen atoms in total. The number of anilines is 1. The highest BCUT2D eigenvalue weighted by atomic mass is 19.1. The lowest BCUT2D eigenvalue weighted by atomic mass is 10.0. The van der Waals surface area contributed by atoms with E-state index in [2.05, 4.69) is 12.2 Å². The van der Waals surface area contributed by atoms with Crippen LogP contribution in [-0.2, 0) is 11.2 Å². The first-order valence-corrected chi connectivity index (χ1v) is 11.4. The highest BCUT2D eigenvalue weighted by Crippen LogP contribution is 2.37. The molecule has 1 N–H and O–H groups in total. The lowest BCUT2D eigenvalue weighted by Gasteiger charge is -2.11. The first kappa shape index (κ1) is 23.9. The summed E-state index contributed by atoms with van der Waals surface area (Å²) in [7, 11) is 0. The zero-order valence-electron chi connectivity index (χ0n) is 19.8. The zero-order chi connectivity index (χ0) is 24.9. The number of nitrogens with zero attached hydrogens (tertiary/aromatic N) is 2. The summed E-state index contributed by atoms with van der Waals surface area (Å²) in [4.78, 5) is 24.5. The van der Waals surface area contributed by atoms with Crippen LogP contribution in [0.3, 0.4) is 0 Å². The number of hydrogen-bond acceptors (Lipinski definition) is 4. The monoisotopic (exact) mass is 471 g/mol. The van der Waals surface area contributed by atoms with E-state index in [-0.39, 0.29) is 5.91 Å². The van der Waals surface area contributed by atoms with Gasteiger partial charge in [-0.2, -0.15) is 9.78 Å². The second kappa shape index (κ2) is 10.3. The molecule has 4 rings (SSSR count). The predicted molar refractivity (Wildman–Crippen MR) is 133 cm³/mol. The van der Waals surface area contributed by atoms with Gasteiger partial charge in [-0.15, -0.1) is 0 Å². The molecule has 3 aromatic carbocycles. The summed E-state index contributed by atoms with van der Waals surface area (Å²) in [6, 6.07) is 20.4. The van der Waals surface area contributed by atoms with Gasteiger partial charge in [0.05, 0.1) is 16.9 Å². The number of amides is 1. The molecule has 4 aromatic rings. The third-order valence-electron chi connectivity index (χ3n) is 5.52. The van der Waals surface area contributed by atoms with Crippen LogP contribution in [0.4, 0.5) is 10.1 Å². The van der Waals surface area contributed by atoms with Crippen molar-refractivity contribution in [3.8, 4) is 22.7 Å². The number of carbonyl (C=O) groups is 2. The fraction of sp³-hybridized carbons (Fsp3) is 0.179. The van der Waals surface area contributed by atoms with E-state index in [1.165, 1.54) is 31.2 Å². The molecular weight excluding hydrogens is 445 g/mol. The van der Waals surface area contributed by atoms with Gasteiger partial charge in [0, 0.05) is 18.2 Å². The van der Waals surface area contributed by atoms with Crippen molar-refractivity contribution in [3.05, 3.63) is 95.4 Å². The Hall–Kier alpha value is -4.26. The van der Waals surface area contributed by atoms with Crippen molar-refractivity contribution in [3.63, 3.8) is 0 Å². The molecule has 1 aromatic heterocycles. The summed E-state index contributed by atoms with van der Waals surface area (Å²) < 4.78 is 20.5. The summed E-state index contributed by atoms with van der Waals surface area (Å²) in [5.74, 6) is -0.813. The van der Waals surface area contributed by atoms with Gasteiger partial charge in [-0.25, -0.2) is 4.39 Å². The maximum atomic E-state index is 13.1. The van der Waals surface area contributed by atoms with Gasteiger partial charge in [-0.1, -0.05) is 43.7 Å². The van der Waals surface area contributed by atoms with Crippen molar-refractivity contribution in [1.29, 1.82) is 0 Å². The van der Waals surface area contributed by atoms with E-state index < -0.39 is 11.8 Å². The summed E-state index contributed by atoms with van der Waals surface area (Å²) in [6.45, 7) is 5.41. The van der Waals surface area contributed by atoms with Crippen molar-refractivity contribution in [2.24, 2.45) is 0 Å². The van der Waals surface area contributed by atoms with Crippen molar-refractivity contribution < 1.29 is 18.7 Å². The standard InChI is InChI=1S/C28H26FN3O3/c1-4-7-24-26(28(35-19(3)33)32(31-24)25-9-6-5-8-18(25)2)20-12-16-23(17-13-20)30-27(34)21-10-14-22(29)15-11-21/h5-6,8-17H,4,7H2,1-3H3,(H,30,34). The minimum Gasteiger partial charge on any atom is -0.407 e. The fourth-order valence-corrected chi connectivity index (χ4v) is 3.87. The highest BCUT2D eigenvalue weighted by Gasteiger charge is 2.23. The number of hydrogen-bond donors (Lipinski definition) is 1. The Kier molecular flexibility index (Phi) is 7.06. The Morgan fingerprint density at radius 3 is 2.31 bits per heavy atom. The molecule has 0 radical (unpaired) electrons. The third-order valence-corrected chi connectivity index (χ3v) is 5.52. The smallest absolute Gasteiger partial charge is 0.309 e. The van der Waals surface area contributed by atoms with Crippen molar-refractivity contribution in [2.75, 3.05) is 5.32 Å². The summed E-state index contributed by atoms with van der Waals surface area (Å²) in [5, 5.41) is 7.63. The quantitative estimate of drug-likeness (QED) is 0.330. The second-order valence-corrected chi connectivity index (χ2v) is 8.21. The summed E-state index contributed by atoms with van der Waals surface area (Å²) >= 11 is 0. The van der Waals surface area contributed by atoms with Gasteiger partial charge in [0.2, 0.25) is 5.88 Å². The van der Waals surface area contributed by atoms with Gasteiger partial charge < -0.3 is 10.1 Å². The number of para-hydroxylation sites is 1. The van der Waals surface area contributed by atoms with E-state index in [4.69, 9.17) is 9.84 Å². The molecule has 178 valence electrons. The zero-order valence-corrected chi connectivity index (χ0v) is 19.8. The molecule has 0 unspecified atom stereocenters. The van der Waals surface area contributed by atoms with Crippen molar-refractivity contribution in [1.82, 2.24) is 9.78 Å². The number of ether oxygens (including phenoxy) is 1. The van der Waals surface area contributed by atoms with E-state index >= 15 is 0 Å². The number of halogens is 1. The third kappa shape index (κ3) is 5.30. The average Bonchev–Trinajstić information content (AvgIpc) is 3.17. The van der Waals surface area contributed by atoms with Crippen LogP contribution in [0.25, 0.3) is 16.8 Å². The van der Waals surface area contributed by atoms with Crippen LogP contribution in [0.1, 0.15) is 41.9 Å². The Bertz CT molecular complexity index is 1360. The molecule has 0 atom stereocenters. The minimum atomic E-state index is -0.438. The van der Waals surface area contributed by atoms with E-state index in [1.807, 2.05) is 43.3 Å². The lowest BCUT2D eigenvalue weighted by Crippen LogP contribution is -2.11. The maximum absolute atomic E-state index is 13.1. The van der Waals surface area contributed by atoms with Crippen LogP contribution in [0.5, 0.6) is 5.88 Å². The number of esters is 1. The molecule has 0 aliphatic carbocycles. The first-order chi connectivity index (χ1) is 16.9. The average molecular weight is 472 g/mol. The number of nitrogens with one attached hydrogen (secondary N) is 1. The molecule has 0 bridgehead atoms. The lowest BCUT2D eigenvalue weighted by molar-refractivity contribution is -0.132. The van der Waals surface area contributed by atoms with E-state index in [0.29, 0.717) is 23.6 Å². The minimum absolute atomic E-state index is 0.336. The van der Waals surface area contributed by atoms with E-state index in [1.54, 1.807) is 16.8 Å². The Morgan fingerprint density at radius 1 is 1.00 bits per heavy atom. The number of carbonyl (C=O) groups excluding carboxylic acids is 2. The van der Waals surface area contributed by atoms with Crippen LogP contribution in [0.15, 0.2) is 72.8 Å². The topological polar surface area (TPSA) is 73.2 Å². The Balaban J connectivity index is 1.72. The molecule has 0 aliphatic heterocycles. The molecule has 1 amide bonds. The molecule has 35 heavy (non-hydrogen) atoms. The largest absolute Gasteiger partial charge is 0.407 e. The van der Waals surface area contributed by atoms with Crippen molar-refractivity contribution >= 4 is 17.6 Å². The second-order valence-electron chi connectivity index (χ2n) is 8.21. The van der Waals surface area contributed by atoms with Crippen molar-refractivity contribution in [2.45, 2.75) is 33.6 Å². The van der Waals surface area contributed by atoms with Gasteiger partial charge in [0.15, 0.2) is 0 Å². The van der Waals surface area contributed by atoms with Crippen LogP contribution < -0.4 is 10.1 Å². The molecule has 0 saturated carbocycles. The predicted octanol–water partition coefficient (Wildman–Crippen LogP) is 6.12. The molecule has 0 spiro atoms. The number of aryl methyl sites for hydroxylation is 2. The maximum Gasteiger partial charge on any atom is 0.309 e. The van der Waals surface area contributed by atoms with Crippen LogP contribution in [0.2, 0.25) is 0 Å². The van der Waals surface area contributed by atoms with Gasteiger partial charge in [0.1, 0.15) is 5.82 Å². The summed E-state index contributed by atoms with van der Waals surface area (Å²) in [6.07, 6.45) is 1.56. The van der Waals surface area contributed by atoms with Crippen LogP contribution in [0, 0.1) is 12.7 Å². The molecular formula is C28H26FN3O3. The molecule has 7 heteroatoms. The molecule has 1 heterocycles. The number of aromatic nitrogens is 2. The number of rotatable bonds is 7. The fourth-order valence-electron chi connectivity index (χ4n) is 3.87. The SMILES string of the molecule is CCCc1nn(-c2ccccc2C)c(OC(C)=O)c1-c1ccc(NC(=O)c2ccc(F)cc2)cc1. The van der Waals surface area contributed by atoms with Crippen LogP contribution in [-0.4, -0.2) is 21.7 Å². The first-order valence-electron chi connectivity index (χ1n) is 11.4. The number of benzene rings is 3. The van der Waals surface area contributed by atoms with Gasteiger partial charge in [-0.05, 0) is 66.9 Å². The molecule has 0 saturated heterocycles. The highest BCUT2D eigenvalue weighted by molar-refractivity contribution is 6.04. The molecule has 0 aliphatic rings. The molecule has 0 fully saturated rings. The Labute approximate surface area is 203 Å². The van der Waals surface area contributed by atoms with E-state index in [0.717, 1.165) is 34.5 Å². The Morgan fingerprint density at radius 2 is 1.69 bits per heavy atom. The van der Waals surface area contributed by atoms with E-state index in [9.17, 15) is 14.0 Å². The van der Waals surface area contributed by atoms with Crippen LogP contribution >= 0.6 is 0 Å².